The monoisotopic (exact) mass is 300 g/mol. The minimum absolute atomic E-state index is 0.140. The molecule has 2 aliphatic rings. The Morgan fingerprint density at radius 2 is 2.00 bits per heavy atom. The third kappa shape index (κ3) is 2.27. The van der Waals surface area contributed by atoms with Gasteiger partial charge in [-0.3, -0.25) is 0 Å². The highest BCUT2D eigenvalue weighted by molar-refractivity contribution is 5.88. The van der Waals surface area contributed by atoms with E-state index in [1.807, 2.05) is 25.1 Å². The molecule has 0 amide bonds. The fourth-order valence-corrected chi connectivity index (χ4v) is 3.75. The lowest BCUT2D eigenvalue weighted by atomic mass is 9.88. The van der Waals surface area contributed by atoms with Crippen molar-refractivity contribution < 1.29 is 13.9 Å². The maximum atomic E-state index is 12.3. The van der Waals surface area contributed by atoms with Crippen molar-refractivity contribution in [3.05, 3.63) is 45.5 Å². The van der Waals surface area contributed by atoms with Crippen LogP contribution in [0.15, 0.2) is 27.4 Å². The van der Waals surface area contributed by atoms with Gasteiger partial charge in [-0.15, -0.1) is 0 Å². The molecule has 0 spiro atoms. The van der Waals surface area contributed by atoms with Crippen LogP contribution in [0.3, 0.4) is 0 Å². The summed E-state index contributed by atoms with van der Waals surface area (Å²) in [6.45, 7) is 4.17. The van der Waals surface area contributed by atoms with Crippen molar-refractivity contribution >= 4 is 10.8 Å². The van der Waals surface area contributed by atoms with Gasteiger partial charge >= 0.3 is 5.63 Å². The van der Waals surface area contributed by atoms with Crippen LogP contribution in [0.1, 0.15) is 29.7 Å². The summed E-state index contributed by atoms with van der Waals surface area (Å²) in [6.07, 6.45) is 2.88. The van der Waals surface area contributed by atoms with Crippen molar-refractivity contribution in [2.24, 2.45) is 5.92 Å². The highest BCUT2D eigenvalue weighted by Crippen LogP contribution is 2.33. The molecule has 0 bridgehead atoms. The van der Waals surface area contributed by atoms with Gasteiger partial charge in [0.2, 0.25) is 0 Å². The van der Waals surface area contributed by atoms with E-state index in [1.165, 1.54) is 0 Å². The maximum Gasteiger partial charge on any atom is 0.343 e. The Morgan fingerprint density at radius 3 is 2.82 bits per heavy atom. The van der Waals surface area contributed by atoms with Gasteiger partial charge in [0.05, 0.1) is 18.1 Å². The van der Waals surface area contributed by atoms with Gasteiger partial charge in [0, 0.05) is 30.6 Å². The van der Waals surface area contributed by atoms with Crippen LogP contribution >= 0.6 is 0 Å². The summed E-state index contributed by atoms with van der Waals surface area (Å²) in [4.78, 5) is 12.3. The molecule has 116 valence electrons. The first kappa shape index (κ1) is 14.0. The molecule has 2 aliphatic heterocycles. The summed E-state index contributed by atoms with van der Waals surface area (Å²) < 4.78 is 17.2. The van der Waals surface area contributed by atoms with Crippen LogP contribution in [0.2, 0.25) is 0 Å². The number of fused-ring (bicyclic) bond motifs is 3. The van der Waals surface area contributed by atoms with Gasteiger partial charge in [-0.2, -0.15) is 0 Å². The standard InChI is InChI=1S/C18H20O4/c1-11-3-2-4-13-17(11)14-10-21-15(9-16(14)22-18(13)19)12-5-7-20-8-6-12/h2-4,12,15H,5-10H2,1H3. The SMILES string of the molecule is Cc1cccc2c(=O)oc3c(c12)COC(C1CCOCC1)C3. The van der Waals surface area contributed by atoms with Gasteiger partial charge in [-0.05, 0) is 37.3 Å². The van der Waals surface area contributed by atoms with Gasteiger partial charge in [-0.25, -0.2) is 4.79 Å². The molecule has 1 unspecified atom stereocenters. The number of aryl methyl sites for hydroxylation is 1. The number of rotatable bonds is 1. The number of benzene rings is 1. The van der Waals surface area contributed by atoms with E-state index >= 15 is 0 Å². The molecule has 22 heavy (non-hydrogen) atoms. The van der Waals surface area contributed by atoms with E-state index < -0.39 is 0 Å². The lowest BCUT2D eigenvalue weighted by Gasteiger charge is -2.33. The second-order valence-electron chi connectivity index (χ2n) is 6.29. The Kier molecular flexibility index (Phi) is 3.51. The van der Waals surface area contributed by atoms with Crippen molar-refractivity contribution in [1.29, 1.82) is 0 Å². The van der Waals surface area contributed by atoms with Crippen molar-refractivity contribution in [2.45, 2.75) is 38.9 Å². The predicted octanol–water partition coefficient (Wildman–Crippen LogP) is 2.97. The van der Waals surface area contributed by atoms with E-state index in [2.05, 4.69) is 0 Å². The molecule has 1 fully saturated rings. The average molecular weight is 300 g/mol. The van der Waals surface area contributed by atoms with Crippen molar-refractivity contribution in [3.63, 3.8) is 0 Å². The summed E-state index contributed by atoms with van der Waals surface area (Å²) in [5, 5.41) is 1.67. The van der Waals surface area contributed by atoms with E-state index in [0.717, 1.165) is 48.3 Å². The van der Waals surface area contributed by atoms with Crippen molar-refractivity contribution in [1.82, 2.24) is 0 Å². The zero-order valence-corrected chi connectivity index (χ0v) is 12.8. The third-order valence-electron chi connectivity index (χ3n) is 4.97. The fourth-order valence-electron chi connectivity index (χ4n) is 3.75. The van der Waals surface area contributed by atoms with Gasteiger partial charge in [0.1, 0.15) is 5.76 Å². The van der Waals surface area contributed by atoms with Crippen LogP contribution in [0, 0.1) is 12.8 Å². The summed E-state index contributed by atoms with van der Waals surface area (Å²) >= 11 is 0. The Morgan fingerprint density at radius 1 is 1.18 bits per heavy atom. The topological polar surface area (TPSA) is 48.7 Å². The molecular weight excluding hydrogens is 280 g/mol. The van der Waals surface area contributed by atoms with Crippen molar-refractivity contribution in [3.8, 4) is 0 Å². The van der Waals surface area contributed by atoms with E-state index in [0.29, 0.717) is 24.3 Å². The smallest absolute Gasteiger partial charge is 0.343 e. The molecule has 0 aliphatic carbocycles. The molecule has 4 heteroatoms. The first-order chi connectivity index (χ1) is 10.7. The molecule has 1 aromatic carbocycles. The number of ether oxygens (including phenoxy) is 2. The molecule has 4 rings (SSSR count). The Hall–Kier alpha value is -1.65. The van der Waals surface area contributed by atoms with Gasteiger partial charge in [0.15, 0.2) is 0 Å². The lowest BCUT2D eigenvalue weighted by Crippen LogP contribution is -2.34. The number of hydrogen-bond donors (Lipinski definition) is 0. The fraction of sp³-hybridized carbons (Fsp3) is 0.500. The molecular formula is C18H20O4. The average Bonchev–Trinajstić information content (AvgIpc) is 2.55. The first-order valence-corrected chi connectivity index (χ1v) is 7.97. The van der Waals surface area contributed by atoms with E-state index in [-0.39, 0.29) is 11.7 Å². The second-order valence-corrected chi connectivity index (χ2v) is 6.29. The molecule has 4 nitrogen and oxygen atoms in total. The molecule has 0 radical (unpaired) electrons. The Bertz CT molecular complexity index is 756. The highest BCUT2D eigenvalue weighted by atomic mass is 16.5. The van der Waals surface area contributed by atoms with Crippen LogP contribution in [-0.2, 0) is 22.5 Å². The zero-order chi connectivity index (χ0) is 15.1. The summed E-state index contributed by atoms with van der Waals surface area (Å²) in [7, 11) is 0. The number of hydrogen-bond acceptors (Lipinski definition) is 4. The van der Waals surface area contributed by atoms with Crippen LogP contribution in [0.5, 0.6) is 0 Å². The summed E-state index contributed by atoms with van der Waals surface area (Å²) in [5.74, 6) is 1.31. The van der Waals surface area contributed by atoms with Crippen LogP contribution in [-0.4, -0.2) is 19.3 Å². The molecule has 1 saturated heterocycles. The van der Waals surface area contributed by atoms with Crippen LogP contribution in [0.4, 0.5) is 0 Å². The van der Waals surface area contributed by atoms with Crippen molar-refractivity contribution in [2.75, 3.05) is 13.2 Å². The minimum Gasteiger partial charge on any atom is -0.427 e. The minimum atomic E-state index is -0.231. The molecule has 1 atom stereocenters. The molecule has 2 aromatic rings. The first-order valence-electron chi connectivity index (χ1n) is 7.97. The zero-order valence-electron chi connectivity index (χ0n) is 12.8. The van der Waals surface area contributed by atoms with Crippen LogP contribution < -0.4 is 5.63 Å². The van der Waals surface area contributed by atoms with E-state index in [1.54, 1.807) is 0 Å². The Labute approximate surface area is 129 Å². The van der Waals surface area contributed by atoms with E-state index in [4.69, 9.17) is 13.9 Å². The van der Waals surface area contributed by atoms with Gasteiger partial charge in [-0.1, -0.05) is 12.1 Å². The highest BCUT2D eigenvalue weighted by Gasteiger charge is 2.31. The molecule has 0 N–H and O–H groups in total. The lowest BCUT2D eigenvalue weighted by molar-refractivity contribution is -0.0518. The van der Waals surface area contributed by atoms with Gasteiger partial charge < -0.3 is 13.9 Å². The quantitative estimate of drug-likeness (QED) is 0.812. The summed E-state index contributed by atoms with van der Waals surface area (Å²) in [6, 6.07) is 5.77. The normalized spacial score (nSPS) is 22.7. The molecule has 3 heterocycles. The Balaban J connectivity index is 1.75. The summed E-state index contributed by atoms with van der Waals surface area (Å²) in [5.41, 5.74) is 1.93. The van der Waals surface area contributed by atoms with E-state index in [9.17, 15) is 4.79 Å². The maximum absolute atomic E-state index is 12.3. The molecule has 0 saturated carbocycles. The third-order valence-corrected chi connectivity index (χ3v) is 4.97. The largest absolute Gasteiger partial charge is 0.427 e. The van der Waals surface area contributed by atoms with Gasteiger partial charge in [0.25, 0.3) is 0 Å². The van der Waals surface area contributed by atoms with Crippen LogP contribution in [0.25, 0.3) is 10.8 Å². The molecule has 1 aromatic heterocycles. The second kappa shape index (κ2) is 5.52. The predicted molar refractivity (Wildman–Crippen MR) is 83.0 cm³/mol.